The van der Waals surface area contributed by atoms with E-state index in [1.54, 1.807) is 0 Å². The smallest absolute Gasteiger partial charge is 0.0160 e. The molecule has 1 radical (unpaired) electrons. The molecule has 0 saturated carbocycles. The average molecular weight is 471 g/mol. The minimum atomic E-state index is 0. The van der Waals surface area contributed by atoms with Crippen molar-refractivity contribution in [1.82, 2.24) is 4.98 Å². The van der Waals surface area contributed by atoms with Crippen LogP contribution in [0.4, 0.5) is 0 Å². The van der Waals surface area contributed by atoms with E-state index in [0.717, 1.165) is 11.3 Å². The van der Waals surface area contributed by atoms with Crippen LogP contribution in [0.2, 0.25) is 0 Å². The third-order valence-corrected chi connectivity index (χ3v) is 4.37. The Hall–Kier alpha value is -2.28. The number of aromatic nitrogens is 1. The summed E-state index contributed by atoms with van der Waals surface area (Å²) < 4.78 is 0. The molecule has 0 unspecified atom stereocenters. The number of nitrogens with zero attached hydrogens (tertiary/aromatic N) is 1. The van der Waals surface area contributed by atoms with E-state index in [9.17, 15) is 0 Å². The fourth-order valence-electron chi connectivity index (χ4n) is 3.39. The second kappa shape index (κ2) is 5.42. The molecule has 0 atom stereocenters. The van der Waals surface area contributed by atoms with Crippen LogP contribution in [0.15, 0.2) is 72.9 Å². The summed E-state index contributed by atoms with van der Waals surface area (Å²) in [5, 5.41) is 7.68. The van der Waals surface area contributed by atoms with Crippen LogP contribution in [-0.2, 0) is 20.1 Å². The molecule has 5 aromatic rings. The molecule has 23 heavy (non-hydrogen) atoms. The minimum Gasteiger partial charge on any atom is -0.305 e. The molecule has 1 aromatic heterocycles. The maximum absolute atomic E-state index is 4.50. The van der Waals surface area contributed by atoms with Crippen molar-refractivity contribution in [2.45, 2.75) is 0 Å². The second-order valence-electron chi connectivity index (χ2n) is 5.60. The Bertz CT molecular complexity index is 1100. The molecule has 0 amide bonds. The molecule has 0 N–H and O–H groups in total. The third-order valence-electron chi connectivity index (χ3n) is 4.37. The van der Waals surface area contributed by atoms with Crippen LogP contribution in [0, 0.1) is 6.07 Å². The Morgan fingerprint density at radius 3 is 2.26 bits per heavy atom. The average Bonchev–Trinajstić information content (AvgIpc) is 2.60. The molecule has 0 aliphatic rings. The van der Waals surface area contributed by atoms with Crippen molar-refractivity contribution in [3.05, 3.63) is 79.0 Å². The van der Waals surface area contributed by atoms with Gasteiger partial charge in [-0.2, -0.15) is 0 Å². The predicted octanol–water partition coefficient (Wildman–Crippen LogP) is 5.44. The van der Waals surface area contributed by atoms with Gasteiger partial charge in [0, 0.05) is 26.3 Å². The van der Waals surface area contributed by atoms with Gasteiger partial charge in [-0.25, -0.2) is 0 Å². The van der Waals surface area contributed by atoms with Crippen molar-refractivity contribution < 1.29 is 20.1 Å². The summed E-state index contributed by atoms with van der Waals surface area (Å²) in [6.07, 6.45) is 1.83. The summed E-state index contributed by atoms with van der Waals surface area (Å²) in [4.78, 5) is 4.50. The summed E-state index contributed by atoms with van der Waals surface area (Å²) in [7, 11) is 0. The normalized spacial score (nSPS) is 11.1. The maximum Gasteiger partial charge on any atom is 0.0160 e. The van der Waals surface area contributed by atoms with Gasteiger partial charge in [0.05, 0.1) is 0 Å². The first-order valence-corrected chi connectivity index (χ1v) is 7.41. The zero-order chi connectivity index (χ0) is 14.5. The van der Waals surface area contributed by atoms with E-state index in [0.29, 0.717) is 0 Å². The summed E-state index contributed by atoms with van der Waals surface area (Å²) in [6, 6.07) is 26.8. The van der Waals surface area contributed by atoms with Crippen molar-refractivity contribution in [2.24, 2.45) is 0 Å². The number of rotatable bonds is 1. The van der Waals surface area contributed by atoms with Crippen LogP contribution in [0.25, 0.3) is 43.6 Å². The molecule has 4 aromatic carbocycles. The van der Waals surface area contributed by atoms with Gasteiger partial charge in [0.25, 0.3) is 0 Å². The van der Waals surface area contributed by atoms with Crippen LogP contribution >= 0.6 is 0 Å². The van der Waals surface area contributed by atoms with Gasteiger partial charge in [0.15, 0.2) is 0 Å². The predicted molar refractivity (Wildman–Crippen MR) is 92.2 cm³/mol. The van der Waals surface area contributed by atoms with Gasteiger partial charge in [-0.15, -0.1) is 17.7 Å². The molecule has 0 fully saturated rings. The SMILES string of the molecule is [Ir].[c-]1cc2ccc3cccc4ccc(c1-c1ccccn1)c2c34. The standard InChI is InChI=1S/C21H12N.Ir/c1-2-13-22-19(6-1)17-11-9-16-8-7-14-4-3-5-15-10-12-18(17)21(16)20(14)15;/h1-10,12-13H;/q-1;. The molecule has 2 heteroatoms. The zero-order valence-corrected chi connectivity index (χ0v) is 14.6. The summed E-state index contributed by atoms with van der Waals surface area (Å²) in [5.74, 6) is 0. The van der Waals surface area contributed by atoms with Crippen LogP contribution in [0.1, 0.15) is 0 Å². The Balaban J connectivity index is 0.00000135. The molecule has 0 bridgehead atoms. The molecule has 1 nitrogen and oxygen atoms in total. The largest absolute Gasteiger partial charge is 0.305 e. The van der Waals surface area contributed by atoms with Crippen molar-refractivity contribution in [1.29, 1.82) is 0 Å². The van der Waals surface area contributed by atoms with Gasteiger partial charge in [-0.05, 0) is 27.9 Å². The third kappa shape index (κ3) is 2.07. The molecule has 5 rings (SSSR count). The van der Waals surface area contributed by atoms with Crippen LogP contribution in [0.3, 0.4) is 0 Å². The van der Waals surface area contributed by atoms with E-state index < -0.39 is 0 Å². The quantitative estimate of drug-likeness (QED) is 0.235. The molecule has 0 saturated heterocycles. The molecular weight excluding hydrogens is 458 g/mol. The molecule has 1 heterocycles. The minimum absolute atomic E-state index is 0. The molecule has 111 valence electrons. The molecule has 0 aliphatic carbocycles. The van der Waals surface area contributed by atoms with E-state index in [2.05, 4.69) is 59.6 Å². The van der Waals surface area contributed by atoms with Gasteiger partial charge in [-0.1, -0.05) is 70.8 Å². The maximum atomic E-state index is 4.50. The van der Waals surface area contributed by atoms with Crippen molar-refractivity contribution in [3.63, 3.8) is 0 Å². The summed E-state index contributed by atoms with van der Waals surface area (Å²) in [6.45, 7) is 0. The van der Waals surface area contributed by atoms with E-state index in [1.165, 1.54) is 32.3 Å². The zero-order valence-electron chi connectivity index (χ0n) is 12.2. The van der Waals surface area contributed by atoms with Crippen molar-refractivity contribution in [2.75, 3.05) is 0 Å². The van der Waals surface area contributed by atoms with Crippen LogP contribution < -0.4 is 0 Å². The van der Waals surface area contributed by atoms with E-state index in [-0.39, 0.29) is 20.1 Å². The Kier molecular flexibility index (Phi) is 3.37. The fourth-order valence-corrected chi connectivity index (χ4v) is 3.39. The molecule has 0 aliphatic heterocycles. The fraction of sp³-hybridized carbons (Fsp3) is 0. The van der Waals surface area contributed by atoms with E-state index >= 15 is 0 Å². The Labute approximate surface area is 147 Å². The summed E-state index contributed by atoms with van der Waals surface area (Å²) in [5.41, 5.74) is 2.05. The number of pyridine rings is 1. The van der Waals surface area contributed by atoms with Crippen LogP contribution in [-0.4, -0.2) is 4.98 Å². The second-order valence-corrected chi connectivity index (χ2v) is 5.60. The van der Waals surface area contributed by atoms with E-state index in [1.807, 2.05) is 24.4 Å². The Morgan fingerprint density at radius 2 is 1.48 bits per heavy atom. The first-order valence-electron chi connectivity index (χ1n) is 7.41. The van der Waals surface area contributed by atoms with Gasteiger partial charge >= 0.3 is 0 Å². The van der Waals surface area contributed by atoms with Crippen molar-refractivity contribution >= 4 is 32.3 Å². The number of hydrogen-bond acceptors (Lipinski definition) is 1. The summed E-state index contributed by atoms with van der Waals surface area (Å²) >= 11 is 0. The monoisotopic (exact) mass is 471 g/mol. The molecular formula is C21H12IrN-. The number of benzene rings is 4. The van der Waals surface area contributed by atoms with Gasteiger partial charge in [-0.3, -0.25) is 0 Å². The van der Waals surface area contributed by atoms with Crippen LogP contribution in [0.5, 0.6) is 0 Å². The first-order chi connectivity index (χ1) is 10.9. The van der Waals surface area contributed by atoms with E-state index in [4.69, 9.17) is 0 Å². The van der Waals surface area contributed by atoms with Gasteiger partial charge in [0.2, 0.25) is 0 Å². The van der Waals surface area contributed by atoms with Gasteiger partial charge in [0.1, 0.15) is 0 Å². The van der Waals surface area contributed by atoms with Crippen molar-refractivity contribution in [3.8, 4) is 11.3 Å². The first kappa shape index (κ1) is 14.3. The van der Waals surface area contributed by atoms with Gasteiger partial charge < -0.3 is 4.98 Å². The molecule has 0 spiro atoms. The number of hydrogen-bond donors (Lipinski definition) is 0. The topological polar surface area (TPSA) is 12.9 Å². The Morgan fingerprint density at radius 1 is 0.696 bits per heavy atom.